The van der Waals surface area contributed by atoms with Crippen LogP contribution < -0.4 is 15.0 Å². The fraction of sp³-hybridized carbons (Fsp3) is 0.733. The normalized spacial score (nSPS) is 22.9. The van der Waals surface area contributed by atoms with Crippen LogP contribution in [0.1, 0.15) is 39.5 Å². The van der Waals surface area contributed by atoms with Crippen molar-refractivity contribution in [2.75, 3.05) is 19.0 Å². The molecule has 0 saturated heterocycles. The van der Waals surface area contributed by atoms with E-state index in [4.69, 9.17) is 4.74 Å². The second-order valence-electron chi connectivity index (χ2n) is 5.79. The molecule has 0 radical (unpaired) electrons. The quantitative estimate of drug-likeness (QED) is 0.895. The lowest BCUT2D eigenvalue weighted by Gasteiger charge is -2.35. The van der Waals surface area contributed by atoms with Crippen molar-refractivity contribution in [2.24, 2.45) is 0 Å². The number of rotatable bonds is 5. The molecular formula is C15H26N4O. The van der Waals surface area contributed by atoms with Gasteiger partial charge < -0.3 is 15.0 Å². The highest BCUT2D eigenvalue weighted by Gasteiger charge is 2.24. The summed E-state index contributed by atoms with van der Waals surface area (Å²) in [5.74, 6) is 1.60. The number of anilines is 1. The maximum Gasteiger partial charge on any atom is 0.218 e. The third-order valence-corrected chi connectivity index (χ3v) is 4.00. The second-order valence-corrected chi connectivity index (χ2v) is 5.79. The lowest BCUT2D eigenvalue weighted by Crippen LogP contribution is -2.40. The van der Waals surface area contributed by atoms with Gasteiger partial charge in [-0.3, -0.25) is 0 Å². The zero-order valence-electron chi connectivity index (χ0n) is 13.0. The number of aromatic nitrogens is 2. The third kappa shape index (κ3) is 3.82. The average molecular weight is 278 g/mol. The van der Waals surface area contributed by atoms with Gasteiger partial charge in [0.15, 0.2) is 0 Å². The third-order valence-electron chi connectivity index (χ3n) is 4.00. The SMILES string of the molecule is CNC1CCC(N(C)c2cc(OC(C)C)ncn2)CC1. The van der Waals surface area contributed by atoms with E-state index in [1.807, 2.05) is 19.9 Å². The van der Waals surface area contributed by atoms with Gasteiger partial charge in [-0.15, -0.1) is 0 Å². The Morgan fingerprint density at radius 2 is 1.95 bits per heavy atom. The first-order valence-corrected chi connectivity index (χ1v) is 7.49. The zero-order chi connectivity index (χ0) is 14.5. The van der Waals surface area contributed by atoms with Gasteiger partial charge in [-0.1, -0.05) is 0 Å². The molecule has 0 atom stereocenters. The van der Waals surface area contributed by atoms with Gasteiger partial charge >= 0.3 is 0 Å². The molecule has 0 unspecified atom stereocenters. The average Bonchev–Trinajstić information content (AvgIpc) is 2.46. The van der Waals surface area contributed by atoms with E-state index in [2.05, 4.69) is 34.3 Å². The standard InChI is InChI=1S/C15H26N4O/c1-11(2)20-15-9-14(17-10-18-15)19(4)13-7-5-12(16-3)6-8-13/h9-13,16H,5-8H2,1-4H3. The summed E-state index contributed by atoms with van der Waals surface area (Å²) in [7, 11) is 4.17. The van der Waals surface area contributed by atoms with E-state index in [1.54, 1.807) is 6.33 Å². The molecule has 0 spiro atoms. The van der Waals surface area contributed by atoms with Crippen LogP contribution >= 0.6 is 0 Å². The van der Waals surface area contributed by atoms with Crippen LogP contribution in [0, 0.1) is 0 Å². The molecule has 1 aliphatic carbocycles. The van der Waals surface area contributed by atoms with E-state index in [-0.39, 0.29) is 6.10 Å². The summed E-state index contributed by atoms with van der Waals surface area (Å²) >= 11 is 0. The van der Waals surface area contributed by atoms with Crippen molar-refractivity contribution in [2.45, 2.75) is 57.7 Å². The predicted octanol–water partition coefficient (Wildman–Crippen LogP) is 2.23. The molecule has 5 heteroatoms. The lowest BCUT2D eigenvalue weighted by molar-refractivity contribution is 0.232. The van der Waals surface area contributed by atoms with Crippen LogP contribution in [0.4, 0.5) is 5.82 Å². The first-order valence-electron chi connectivity index (χ1n) is 7.49. The van der Waals surface area contributed by atoms with E-state index in [0.29, 0.717) is 18.0 Å². The molecule has 1 aromatic heterocycles. The molecule has 0 bridgehead atoms. The first-order chi connectivity index (χ1) is 9.60. The summed E-state index contributed by atoms with van der Waals surface area (Å²) < 4.78 is 5.64. The molecule has 0 amide bonds. The number of ether oxygens (including phenoxy) is 1. The predicted molar refractivity (Wildman–Crippen MR) is 81.3 cm³/mol. The monoisotopic (exact) mass is 278 g/mol. The number of hydrogen-bond donors (Lipinski definition) is 1. The summed E-state index contributed by atoms with van der Waals surface area (Å²) in [6.45, 7) is 4.01. The molecule has 1 fully saturated rings. The summed E-state index contributed by atoms with van der Waals surface area (Å²) in [6.07, 6.45) is 6.58. The van der Waals surface area contributed by atoms with Gasteiger partial charge in [0.2, 0.25) is 5.88 Å². The van der Waals surface area contributed by atoms with Crippen LogP contribution in [-0.4, -0.2) is 42.3 Å². The summed E-state index contributed by atoms with van der Waals surface area (Å²) in [5, 5.41) is 3.37. The van der Waals surface area contributed by atoms with E-state index in [0.717, 1.165) is 5.82 Å². The second kappa shape index (κ2) is 6.88. The van der Waals surface area contributed by atoms with Gasteiger partial charge in [0.25, 0.3) is 0 Å². The molecule has 20 heavy (non-hydrogen) atoms. The molecule has 0 aliphatic heterocycles. The van der Waals surface area contributed by atoms with Crippen LogP contribution in [0.2, 0.25) is 0 Å². The van der Waals surface area contributed by atoms with Crippen LogP contribution in [0.5, 0.6) is 5.88 Å². The Morgan fingerprint density at radius 3 is 2.55 bits per heavy atom. The molecule has 0 aromatic carbocycles. The van der Waals surface area contributed by atoms with Crippen molar-refractivity contribution < 1.29 is 4.74 Å². The molecule has 1 aromatic rings. The highest BCUT2D eigenvalue weighted by molar-refractivity contribution is 5.41. The van der Waals surface area contributed by atoms with Gasteiger partial charge in [0, 0.05) is 25.2 Å². The molecule has 5 nitrogen and oxygen atoms in total. The molecule has 1 N–H and O–H groups in total. The number of hydrogen-bond acceptors (Lipinski definition) is 5. The smallest absolute Gasteiger partial charge is 0.218 e. The summed E-state index contributed by atoms with van der Waals surface area (Å²) in [5.41, 5.74) is 0. The highest BCUT2D eigenvalue weighted by atomic mass is 16.5. The lowest BCUT2D eigenvalue weighted by atomic mass is 9.90. The van der Waals surface area contributed by atoms with Gasteiger partial charge in [0.1, 0.15) is 12.1 Å². The topological polar surface area (TPSA) is 50.3 Å². The maximum atomic E-state index is 5.64. The molecule has 2 rings (SSSR count). The first kappa shape index (κ1) is 15.0. The van der Waals surface area contributed by atoms with E-state index in [9.17, 15) is 0 Å². The van der Waals surface area contributed by atoms with Crippen molar-refractivity contribution in [3.05, 3.63) is 12.4 Å². The van der Waals surface area contributed by atoms with Crippen LogP contribution in [-0.2, 0) is 0 Å². The van der Waals surface area contributed by atoms with E-state index in [1.165, 1.54) is 25.7 Å². The Kier molecular flexibility index (Phi) is 5.17. The van der Waals surface area contributed by atoms with Gasteiger partial charge in [-0.2, -0.15) is 0 Å². The minimum atomic E-state index is 0.133. The van der Waals surface area contributed by atoms with Crippen molar-refractivity contribution in [3.8, 4) is 5.88 Å². The Hall–Kier alpha value is -1.36. The largest absolute Gasteiger partial charge is 0.475 e. The van der Waals surface area contributed by atoms with Gasteiger partial charge in [-0.05, 0) is 46.6 Å². The molecule has 1 aliphatic rings. The Balaban J connectivity index is 2.00. The van der Waals surface area contributed by atoms with Crippen LogP contribution in [0.15, 0.2) is 12.4 Å². The molecular weight excluding hydrogens is 252 g/mol. The van der Waals surface area contributed by atoms with Crippen molar-refractivity contribution in [1.82, 2.24) is 15.3 Å². The Labute approximate surface area is 121 Å². The van der Waals surface area contributed by atoms with E-state index < -0.39 is 0 Å². The van der Waals surface area contributed by atoms with Crippen LogP contribution in [0.3, 0.4) is 0 Å². The molecule has 1 heterocycles. The highest BCUT2D eigenvalue weighted by Crippen LogP contribution is 2.26. The zero-order valence-corrected chi connectivity index (χ0v) is 13.0. The summed E-state index contributed by atoms with van der Waals surface area (Å²) in [6, 6.07) is 3.16. The van der Waals surface area contributed by atoms with Gasteiger partial charge in [0.05, 0.1) is 6.10 Å². The fourth-order valence-corrected chi connectivity index (χ4v) is 2.77. The van der Waals surface area contributed by atoms with Crippen molar-refractivity contribution in [1.29, 1.82) is 0 Å². The minimum absolute atomic E-state index is 0.133. The molecule has 1 saturated carbocycles. The summed E-state index contributed by atoms with van der Waals surface area (Å²) in [4.78, 5) is 10.8. The number of nitrogens with one attached hydrogen (secondary N) is 1. The van der Waals surface area contributed by atoms with Crippen LogP contribution in [0.25, 0.3) is 0 Å². The number of nitrogens with zero attached hydrogens (tertiary/aromatic N) is 3. The minimum Gasteiger partial charge on any atom is -0.475 e. The molecule has 112 valence electrons. The Bertz CT molecular complexity index is 416. The Morgan fingerprint density at radius 1 is 1.25 bits per heavy atom. The maximum absolute atomic E-state index is 5.64. The van der Waals surface area contributed by atoms with Gasteiger partial charge in [-0.25, -0.2) is 9.97 Å². The van der Waals surface area contributed by atoms with Crippen molar-refractivity contribution >= 4 is 5.82 Å². The van der Waals surface area contributed by atoms with Crippen molar-refractivity contribution in [3.63, 3.8) is 0 Å². The van der Waals surface area contributed by atoms with E-state index >= 15 is 0 Å². The fourth-order valence-electron chi connectivity index (χ4n) is 2.77.